The molecule has 0 aliphatic carbocycles. The van der Waals surface area contributed by atoms with Crippen molar-refractivity contribution in [2.75, 3.05) is 19.0 Å². The fourth-order valence-corrected chi connectivity index (χ4v) is 2.94. The lowest BCUT2D eigenvalue weighted by molar-refractivity contribution is 0.0460. The highest BCUT2D eigenvalue weighted by atomic mass is 19.3. The molecule has 2 heterocycles. The van der Waals surface area contributed by atoms with Gasteiger partial charge in [0.15, 0.2) is 5.54 Å². The summed E-state index contributed by atoms with van der Waals surface area (Å²) in [5.74, 6) is -1.34. The van der Waals surface area contributed by atoms with Crippen molar-refractivity contribution in [3.8, 4) is 5.88 Å². The van der Waals surface area contributed by atoms with Gasteiger partial charge in [0.25, 0.3) is 18.4 Å². The summed E-state index contributed by atoms with van der Waals surface area (Å²) < 4.78 is 52.5. The number of ether oxygens (including phenoxy) is 2. The number of hydrogen-bond donors (Lipinski definition) is 2. The lowest BCUT2D eigenvalue weighted by atomic mass is 9.85. The molecule has 0 radical (unpaired) electrons. The van der Waals surface area contributed by atoms with Crippen LogP contribution in [-0.4, -0.2) is 42.0 Å². The first kappa shape index (κ1) is 20.4. The number of rotatable bonds is 5. The van der Waals surface area contributed by atoms with E-state index < -0.39 is 29.7 Å². The molecule has 29 heavy (non-hydrogen) atoms. The number of hydrogen-bond acceptors (Lipinski definition) is 7. The molecule has 0 bridgehead atoms. The number of halogens is 3. The molecule has 0 fully saturated rings. The molecule has 1 aromatic heterocycles. The lowest BCUT2D eigenvalue weighted by Gasteiger charge is -2.29. The second-order valence-corrected chi connectivity index (χ2v) is 6.22. The summed E-state index contributed by atoms with van der Waals surface area (Å²) >= 11 is 0. The average molecular weight is 409 g/mol. The summed E-state index contributed by atoms with van der Waals surface area (Å²) in [5, 5.41) is 2.48. The van der Waals surface area contributed by atoms with E-state index in [1.54, 1.807) is 0 Å². The highest BCUT2D eigenvalue weighted by molar-refractivity contribution is 6.02. The van der Waals surface area contributed by atoms with E-state index in [4.69, 9.17) is 15.2 Å². The first-order valence-electron chi connectivity index (χ1n) is 8.59. The first-order chi connectivity index (χ1) is 13.9. The van der Waals surface area contributed by atoms with E-state index in [0.717, 1.165) is 12.1 Å². The van der Waals surface area contributed by atoms with Crippen molar-refractivity contribution in [3.63, 3.8) is 0 Å². The predicted octanol–water partition coefficient (Wildman–Crippen LogP) is 2.46. The minimum absolute atomic E-state index is 0.0367. The summed E-state index contributed by atoms with van der Waals surface area (Å²) in [7, 11) is 1.40. The van der Waals surface area contributed by atoms with E-state index >= 15 is 0 Å². The van der Waals surface area contributed by atoms with Crippen LogP contribution in [0.2, 0.25) is 0 Å². The van der Waals surface area contributed by atoms with Crippen molar-refractivity contribution >= 4 is 17.6 Å². The number of aromatic nitrogens is 2. The number of aliphatic imine (C=N–C) groups is 1. The molecule has 3 rings (SSSR count). The number of benzene rings is 1. The largest absolute Gasteiger partial charge is 0.480 e. The van der Waals surface area contributed by atoms with E-state index in [0.29, 0.717) is 0 Å². The Labute approximate surface area is 164 Å². The molecule has 0 spiro atoms. The maximum absolute atomic E-state index is 14.5. The summed E-state index contributed by atoms with van der Waals surface area (Å²) in [6.07, 6.45) is -0.585. The number of amides is 1. The van der Waals surface area contributed by atoms with Gasteiger partial charge in [-0.25, -0.2) is 28.1 Å². The van der Waals surface area contributed by atoms with Crippen LogP contribution in [0, 0.1) is 5.82 Å². The Morgan fingerprint density at radius 2 is 2.14 bits per heavy atom. The minimum Gasteiger partial charge on any atom is -0.480 e. The molecule has 0 saturated carbocycles. The second kappa shape index (κ2) is 8.33. The van der Waals surface area contributed by atoms with Crippen molar-refractivity contribution in [2.45, 2.75) is 24.8 Å². The van der Waals surface area contributed by atoms with Gasteiger partial charge in [-0.05, 0) is 31.0 Å². The second-order valence-electron chi connectivity index (χ2n) is 6.22. The van der Waals surface area contributed by atoms with Crippen molar-refractivity contribution in [2.24, 2.45) is 10.7 Å². The number of methoxy groups -OCH3 is 1. The van der Waals surface area contributed by atoms with E-state index in [2.05, 4.69) is 20.3 Å². The molecule has 1 aliphatic rings. The molecule has 8 nitrogen and oxygen atoms in total. The Morgan fingerprint density at radius 1 is 1.34 bits per heavy atom. The van der Waals surface area contributed by atoms with Crippen molar-refractivity contribution in [3.05, 3.63) is 47.7 Å². The number of nitrogens with one attached hydrogen (secondary N) is 1. The molecule has 11 heteroatoms. The average Bonchev–Trinajstić information content (AvgIpc) is 2.91. The normalized spacial score (nSPS) is 19.1. The number of nitrogens with two attached hydrogens (primary N) is 1. The zero-order chi connectivity index (χ0) is 21.0. The van der Waals surface area contributed by atoms with Crippen molar-refractivity contribution in [1.29, 1.82) is 0 Å². The maximum Gasteiger partial charge on any atom is 0.283 e. The van der Waals surface area contributed by atoms with Crippen LogP contribution in [-0.2, 0) is 10.3 Å². The highest BCUT2D eigenvalue weighted by Gasteiger charge is 2.45. The fraction of sp³-hybridized carbons (Fsp3) is 0.333. The minimum atomic E-state index is -3.05. The van der Waals surface area contributed by atoms with Gasteiger partial charge < -0.3 is 20.5 Å². The summed E-state index contributed by atoms with van der Waals surface area (Å²) in [4.78, 5) is 23.9. The zero-order valence-electron chi connectivity index (χ0n) is 15.4. The van der Waals surface area contributed by atoms with Gasteiger partial charge in [0.1, 0.15) is 11.5 Å². The Bertz CT molecular complexity index is 923. The van der Waals surface area contributed by atoms with E-state index in [1.807, 2.05) is 0 Å². The molecular weight excluding hydrogens is 391 g/mol. The molecule has 3 N–H and O–H groups in total. The lowest BCUT2D eigenvalue weighted by Crippen LogP contribution is -2.35. The van der Waals surface area contributed by atoms with Gasteiger partial charge >= 0.3 is 0 Å². The summed E-state index contributed by atoms with van der Waals surface area (Å²) in [5.41, 5.74) is 2.97. The monoisotopic (exact) mass is 409 g/mol. The Hall–Kier alpha value is -3.37. The van der Waals surface area contributed by atoms with Gasteiger partial charge in [0.2, 0.25) is 5.88 Å². The van der Waals surface area contributed by atoms with Crippen LogP contribution in [0.5, 0.6) is 5.88 Å². The topological polar surface area (TPSA) is 112 Å². The Balaban J connectivity index is 1.94. The summed E-state index contributed by atoms with van der Waals surface area (Å²) in [6, 6.07) is 2.89. The summed E-state index contributed by atoms with van der Waals surface area (Å²) in [6.45, 7) is 0.0952. The van der Waals surface area contributed by atoms with Crippen LogP contribution in [0.25, 0.3) is 0 Å². The molecule has 1 aliphatic heterocycles. The highest BCUT2D eigenvalue weighted by Crippen LogP contribution is 2.41. The van der Waals surface area contributed by atoms with Gasteiger partial charge in [-0.1, -0.05) is 0 Å². The van der Waals surface area contributed by atoms with E-state index in [1.165, 1.54) is 25.6 Å². The predicted molar refractivity (Wildman–Crippen MR) is 97.4 cm³/mol. The Kier molecular flexibility index (Phi) is 5.85. The quantitative estimate of drug-likeness (QED) is 0.785. The Morgan fingerprint density at radius 3 is 2.79 bits per heavy atom. The number of carbonyl (C=O) groups excluding carboxylic acids is 1. The molecular formula is C18H18F3N5O3. The molecule has 0 unspecified atom stereocenters. The van der Waals surface area contributed by atoms with Crippen molar-refractivity contribution < 1.29 is 27.4 Å². The molecule has 1 aromatic carbocycles. The van der Waals surface area contributed by atoms with Crippen LogP contribution >= 0.6 is 0 Å². The van der Waals surface area contributed by atoms with Gasteiger partial charge in [-0.15, -0.1) is 0 Å². The van der Waals surface area contributed by atoms with Gasteiger partial charge in [0, 0.05) is 11.3 Å². The molecule has 1 amide bonds. The van der Waals surface area contributed by atoms with Crippen molar-refractivity contribution in [1.82, 2.24) is 9.97 Å². The zero-order valence-corrected chi connectivity index (χ0v) is 15.4. The maximum atomic E-state index is 14.5. The molecule has 2 aromatic rings. The van der Waals surface area contributed by atoms with Gasteiger partial charge in [-0.3, -0.25) is 4.79 Å². The molecule has 1 atom stereocenters. The standard InChI is InChI=1S/C18H18F3N5O3/c1-28-14-9-23-13(8-24-14)15(27)25-10-3-4-12(19)11(7-10)18(16(20)21)5-2-6-29-17(22)26-18/h3-4,7-9,16H,2,5-6H2,1H3,(H2,22,26)(H,25,27)/t18-/m0/s1. The van der Waals surface area contributed by atoms with E-state index in [-0.39, 0.29) is 42.3 Å². The number of carbonyl (C=O) groups is 1. The SMILES string of the molecule is COc1cnc(C(=O)Nc2ccc(F)c([C@]3(C(F)F)CCCOC(N)=N3)c2)cn1. The molecule has 0 saturated heterocycles. The van der Waals surface area contributed by atoms with Crippen LogP contribution in [0.3, 0.4) is 0 Å². The third-order valence-corrected chi connectivity index (χ3v) is 4.38. The third kappa shape index (κ3) is 4.23. The third-order valence-electron chi connectivity index (χ3n) is 4.38. The smallest absolute Gasteiger partial charge is 0.283 e. The van der Waals surface area contributed by atoms with Gasteiger partial charge in [0.05, 0.1) is 26.1 Å². The van der Waals surface area contributed by atoms with E-state index in [9.17, 15) is 18.0 Å². The van der Waals surface area contributed by atoms with Crippen LogP contribution in [0.4, 0.5) is 18.9 Å². The van der Waals surface area contributed by atoms with Crippen LogP contribution in [0.15, 0.2) is 35.6 Å². The fourth-order valence-electron chi connectivity index (χ4n) is 2.94. The number of amidine groups is 1. The number of nitrogens with zero attached hydrogens (tertiary/aromatic N) is 3. The van der Waals surface area contributed by atoms with Crippen LogP contribution < -0.4 is 15.8 Å². The molecule has 154 valence electrons. The first-order valence-corrected chi connectivity index (χ1v) is 8.59. The van der Waals surface area contributed by atoms with Gasteiger partial charge in [-0.2, -0.15) is 0 Å². The number of alkyl halides is 2. The number of anilines is 1. The van der Waals surface area contributed by atoms with Crippen LogP contribution in [0.1, 0.15) is 28.9 Å².